The molecule has 1 fully saturated rings. The minimum atomic E-state index is -3.51. The quantitative estimate of drug-likeness (QED) is 0.612. The van der Waals surface area contributed by atoms with Crippen molar-refractivity contribution in [2.24, 2.45) is 5.92 Å². The second-order valence-corrected chi connectivity index (χ2v) is 11.5. The van der Waals surface area contributed by atoms with Crippen LogP contribution >= 0.6 is 11.6 Å². The molecule has 0 spiro atoms. The fourth-order valence-electron chi connectivity index (χ4n) is 3.84. The summed E-state index contributed by atoms with van der Waals surface area (Å²) in [6.07, 6.45) is 4.51. The van der Waals surface area contributed by atoms with Gasteiger partial charge < -0.3 is 15.1 Å². The highest BCUT2D eigenvalue weighted by atomic mass is 35.5. The normalized spacial score (nSPS) is 14.8. The molecule has 3 rings (SSSR count). The molecule has 0 bridgehead atoms. The van der Waals surface area contributed by atoms with E-state index < -0.39 is 15.7 Å². The Bertz CT molecular complexity index is 1160. The number of nitrogens with one attached hydrogen (secondary N) is 1. The van der Waals surface area contributed by atoms with Crippen molar-refractivity contribution in [3.8, 4) is 0 Å². The third-order valence-corrected chi connectivity index (χ3v) is 7.46. The van der Waals surface area contributed by atoms with Crippen LogP contribution in [0.25, 0.3) is 0 Å². The van der Waals surface area contributed by atoms with Crippen molar-refractivity contribution < 1.29 is 18.0 Å². The van der Waals surface area contributed by atoms with Crippen molar-refractivity contribution in [3.05, 3.63) is 47.1 Å². The highest BCUT2D eigenvalue weighted by Gasteiger charge is 2.26. The summed E-state index contributed by atoms with van der Waals surface area (Å²) in [5.74, 6) is 0.503. The Kier molecular flexibility index (Phi) is 8.20. The van der Waals surface area contributed by atoms with Crippen LogP contribution in [0, 0.1) is 5.92 Å². The van der Waals surface area contributed by atoms with Crippen LogP contribution in [0.3, 0.4) is 0 Å². The van der Waals surface area contributed by atoms with Crippen LogP contribution in [0.2, 0.25) is 5.02 Å². The fraction of sp³-hybridized carbons (Fsp3) is 0.458. The van der Waals surface area contributed by atoms with Gasteiger partial charge in [-0.15, -0.1) is 0 Å². The summed E-state index contributed by atoms with van der Waals surface area (Å²) in [6.45, 7) is 5.28. The van der Waals surface area contributed by atoms with Gasteiger partial charge in [0, 0.05) is 55.6 Å². The van der Waals surface area contributed by atoms with E-state index in [0.29, 0.717) is 41.6 Å². The number of sulfone groups is 1. The Morgan fingerprint density at radius 1 is 1.24 bits per heavy atom. The molecular weight excluding hydrogens is 476 g/mol. The molecule has 1 aromatic heterocycles. The van der Waals surface area contributed by atoms with Gasteiger partial charge in [0.05, 0.1) is 10.6 Å². The SMILES string of the molecule is CC(C)N(C)C(=O)CC1CCN(c2ncc(S(C)(=O)=O)cc2NC(=O)c2cccc(Cl)c2)CC1. The molecule has 2 aromatic rings. The van der Waals surface area contributed by atoms with E-state index in [-0.39, 0.29) is 22.8 Å². The number of carbonyl (C=O) groups is 2. The number of nitrogens with zero attached hydrogens (tertiary/aromatic N) is 3. The van der Waals surface area contributed by atoms with E-state index in [2.05, 4.69) is 10.3 Å². The van der Waals surface area contributed by atoms with E-state index in [1.807, 2.05) is 25.8 Å². The zero-order valence-electron chi connectivity index (χ0n) is 19.9. The van der Waals surface area contributed by atoms with Gasteiger partial charge in [0.2, 0.25) is 5.91 Å². The molecule has 0 aliphatic carbocycles. The molecule has 0 unspecified atom stereocenters. The molecule has 10 heteroatoms. The van der Waals surface area contributed by atoms with Crippen molar-refractivity contribution in [2.75, 3.05) is 36.6 Å². The molecule has 184 valence electrons. The number of halogens is 1. The van der Waals surface area contributed by atoms with Gasteiger partial charge in [-0.2, -0.15) is 0 Å². The first-order valence-corrected chi connectivity index (χ1v) is 13.5. The number of hydrogen-bond acceptors (Lipinski definition) is 6. The molecule has 1 saturated heterocycles. The van der Waals surface area contributed by atoms with Crippen LogP contribution < -0.4 is 10.2 Å². The number of aromatic nitrogens is 1. The molecule has 1 N–H and O–H groups in total. The Morgan fingerprint density at radius 3 is 2.50 bits per heavy atom. The number of piperidine rings is 1. The average molecular weight is 507 g/mol. The van der Waals surface area contributed by atoms with Crippen molar-refractivity contribution in [1.82, 2.24) is 9.88 Å². The molecule has 34 heavy (non-hydrogen) atoms. The standard InChI is InChI=1S/C24H31ClN4O4S/c1-16(2)28(3)22(30)12-17-8-10-29(11-9-17)23-21(14-20(15-26-23)34(4,32)33)27-24(31)18-6-5-7-19(25)13-18/h5-7,13-17H,8-12H2,1-4H3,(H,27,31). The maximum absolute atomic E-state index is 12.8. The lowest BCUT2D eigenvalue weighted by atomic mass is 9.92. The predicted molar refractivity (Wildman–Crippen MR) is 134 cm³/mol. The molecular formula is C24H31ClN4O4S. The topological polar surface area (TPSA) is 99.7 Å². The lowest BCUT2D eigenvalue weighted by molar-refractivity contribution is -0.132. The van der Waals surface area contributed by atoms with E-state index in [1.165, 1.54) is 12.3 Å². The van der Waals surface area contributed by atoms with Crippen LogP contribution in [0.15, 0.2) is 41.4 Å². The van der Waals surface area contributed by atoms with Crippen LogP contribution in [-0.4, -0.2) is 62.6 Å². The van der Waals surface area contributed by atoms with Gasteiger partial charge in [0.15, 0.2) is 15.7 Å². The second kappa shape index (κ2) is 10.7. The maximum Gasteiger partial charge on any atom is 0.255 e. The molecule has 0 saturated carbocycles. The van der Waals surface area contributed by atoms with Crippen LogP contribution in [0.4, 0.5) is 11.5 Å². The smallest absolute Gasteiger partial charge is 0.255 e. The molecule has 0 radical (unpaired) electrons. The van der Waals surface area contributed by atoms with Crippen LogP contribution in [0.1, 0.15) is 43.5 Å². The molecule has 0 atom stereocenters. The third-order valence-electron chi connectivity index (χ3n) is 6.15. The predicted octanol–water partition coefficient (Wildman–Crippen LogP) is 3.86. The van der Waals surface area contributed by atoms with Crippen molar-refractivity contribution in [1.29, 1.82) is 0 Å². The number of anilines is 2. The molecule has 1 aliphatic rings. The largest absolute Gasteiger partial charge is 0.355 e. The monoisotopic (exact) mass is 506 g/mol. The average Bonchev–Trinajstić information content (AvgIpc) is 2.78. The van der Waals surface area contributed by atoms with E-state index in [4.69, 9.17) is 11.6 Å². The summed E-state index contributed by atoms with van der Waals surface area (Å²) in [4.78, 5) is 33.5. The number of pyridine rings is 1. The van der Waals surface area contributed by atoms with Gasteiger partial charge in [0.25, 0.3) is 5.91 Å². The Hall–Kier alpha value is -2.65. The van der Waals surface area contributed by atoms with Crippen molar-refractivity contribution in [3.63, 3.8) is 0 Å². The molecule has 2 heterocycles. The summed E-state index contributed by atoms with van der Waals surface area (Å²) in [7, 11) is -1.69. The van der Waals surface area contributed by atoms with E-state index in [9.17, 15) is 18.0 Å². The van der Waals surface area contributed by atoms with Gasteiger partial charge in [-0.25, -0.2) is 13.4 Å². The van der Waals surface area contributed by atoms with Gasteiger partial charge in [-0.1, -0.05) is 17.7 Å². The van der Waals surface area contributed by atoms with E-state index in [1.54, 1.807) is 29.2 Å². The van der Waals surface area contributed by atoms with Gasteiger partial charge in [-0.05, 0) is 56.9 Å². The Morgan fingerprint density at radius 2 is 1.91 bits per heavy atom. The highest BCUT2D eigenvalue weighted by Crippen LogP contribution is 2.31. The minimum Gasteiger partial charge on any atom is -0.355 e. The second-order valence-electron chi connectivity index (χ2n) is 9.01. The molecule has 8 nitrogen and oxygen atoms in total. The highest BCUT2D eigenvalue weighted by molar-refractivity contribution is 7.90. The zero-order valence-corrected chi connectivity index (χ0v) is 21.5. The van der Waals surface area contributed by atoms with Crippen molar-refractivity contribution >= 4 is 44.8 Å². The van der Waals surface area contributed by atoms with Crippen LogP contribution in [-0.2, 0) is 14.6 Å². The molecule has 1 aromatic carbocycles. The van der Waals surface area contributed by atoms with Gasteiger partial charge >= 0.3 is 0 Å². The summed E-state index contributed by atoms with van der Waals surface area (Å²) in [6, 6.07) is 8.12. The molecule has 2 amide bonds. The molecule has 1 aliphatic heterocycles. The van der Waals surface area contributed by atoms with E-state index in [0.717, 1.165) is 19.1 Å². The summed E-state index contributed by atoms with van der Waals surface area (Å²) >= 11 is 6.01. The number of rotatable bonds is 7. The van der Waals surface area contributed by atoms with Crippen LogP contribution in [0.5, 0.6) is 0 Å². The van der Waals surface area contributed by atoms with Gasteiger partial charge in [-0.3, -0.25) is 9.59 Å². The Balaban J connectivity index is 1.79. The first-order chi connectivity index (χ1) is 16.0. The third kappa shape index (κ3) is 6.48. The number of carbonyl (C=O) groups excluding carboxylic acids is 2. The lowest BCUT2D eigenvalue weighted by Gasteiger charge is -2.34. The van der Waals surface area contributed by atoms with Gasteiger partial charge in [0.1, 0.15) is 0 Å². The zero-order chi connectivity index (χ0) is 25.0. The number of benzene rings is 1. The first-order valence-electron chi connectivity index (χ1n) is 11.2. The first kappa shape index (κ1) is 26.0. The maximum atomic E-state index is 12.8. The minimum absolute atomic E-state index is 0.0230. The Labute approximate surface area is 206 Å². The summed E-state index contributed by atoms with van der Waals surface area (Å²) in [5, 5.41) is 3.23. The lowest BCUT2D eigenvalue weighted by Crippen LogP contribution is -2.38. The van der Waals surface area contributed by atoms with E-state index >= 15 is 0 Å². The number of amides is 2. The number of hydrogen-bond donors (Lipinski definition) is 1. The van der Waals surface area contributed by atoms with Crippen molar-refractivity contribution in [2.45, 2.75) is 44.0 Å². The fourth-order valence-corrected chi connectivity index (χ4v) is 4.60. The summed E-state index contributed by atoms with van der Waals surface area (Å²) < 4.78 is 24.2. The summed E-state index contributed by atoms with van der Waals surface area (Å²) in [5.41, 5.74) is 0.677.